The number of thiazole rings is 1. The normalized spacial score (nSPS) is 14.2. The molecule has 2 aromatic rings. The van der Waals surface area contributed by atoms with Gasteiger partial charge < -0.3 is 14.8 Å². The molecule has 1 aromatic carbocycles. The molecule has 0 spiro atoms. The van der Waals surface area contributed by atoms with Crippen molar-refractivity contribution in [1.29, 1.82) is 0 Å². The van der Waals surface area contributed by atoms with Gasteiger partial charge in [-0.3, -0.25) is 4.79 Å². The number of hydrogen-bond donors (Lipinski definition) is 1. The molecule has 1 atom stereocenters. The van der Waals surface area contributed by atoms with Crippen molar-refractivity contribution in [3.63, 3.8) is 0 Å². The van der Waals surface area contributed by atoms with Crippen molar-refractivity contribution in [3.8, 4) is 22.8 Å². The Morgan fingerprint density at radius 1 is 1.36 bits per heavy atom. The zero-order chi connectivity index (χ0) is 17.6. The number of fused-ring (bicyclic) bond motifs is 1. The average Bonchev–Trinajstić information content (AvgIpc) is 3.10. The molecule has 1 amide bonds. The van der Waals surface area contributed by atoms with Crippen LogP contribution in [0.5, 0.6) is 11.5 Å². The van der Waals surface area contributed by atoms with E-state index >= 15 is 0 Å². The third-order valence-corrected chi connectivity index (χ3v) is 5.80. The van der Waals surface area contributed by atoms with Gasteiger partial charge in [0.2, 0.25) is 5.91 Å². The molecule has 1 aromatic heterocycles. The van der Waals surface area contributed by atoms with Crippen molar-refractivity contribution < 1.29 is 14.3 Å². The van der Waals surface area contributed by atoms with E-state index in [1.807, 2.05) is 30.5 Å². The van der Waals surface area contributed by atoms with Gasteiger partial charge >= 0.3 is 0 Å². The van der Waals surface area contributed by atoms with Crippen LogP contribution in [-0.2, 0) is 4.79 Å². The average molecular weight is 379 g/mol. The fourth-order valence-corrected chi connectivity index (χ4v) is 4.10. The predicted molar refractivity (Wildman–Crippen MR) is 104 cm³/mol. The summed E-state index contributed by atoms with van der Waals surface area (Å²) in [5.41, 5.74) is 1.77. The number of aromatic nitrogens is 1. The first-order valence-electron chi connectivity index (χ1n) is 8.45. The van der Waals surface area contributed by atoms with Gasteiger partial charge in [-0.15, -0.1) is 23.1 Å². The second kappa shape index (κ2) is 8.58. The highest BCUT2D eigenvalue weighted by atomic mass is 32.2. The number of ether oxygens (including phenoxy) is 2. The van der Waals surface area contributed by atoms with Crippen molar-refractivity contribution in [2.45, 2.75) is 31.9 Å². The number of nitrogens with zero attached hydrogens (tertiary/aromatic N) is 1. The first-order chi connectivity index (χ1) is 12.2. The van der Waals surface area contributed by atoms with Crippen LogP contribution in [0, 0.1) is 0 Å². The molecular weight excluding hydrogens is 356 g/mol. The molecule has 1 unspecified atom stereocenters. The highest BCUT2D eigenvalue weighted by Crippen LogP contribution is 2.35. The van der Waals surface area contributed by atoms with Gasteiger partial charge in [0.1, 0.15) is 13.2 Å². The van der Waals surface area contributed by atoms with Crippen LogP contribution in [-0.4, -0.2) is 35.1 Å². The molecule has 1 aliphatic rings. The molecule has 0 bridgehead atoms. The number of benzene rings is 1. The number of rotatable bonds is 7. The number of hydrogen-bond acceptors (Lipinski definition) is 6. The molecule has 134 valence electrons. The third-order valence-electron chi connectivity index (χ3n) is 3.81. The van der Waals surface area contributed by atoms with Crippen molar-refractivity contribution in [3.05, 3.63) is 23.6 Å². The SMILES string of the molecule is CCCCSC(C)C(=O)Nc1nc(-c2ccc3c(c2)OCCO3)cs1. The van der Waals surface area contributed by atoms with Gasteiger partial charge in [0, 0.05) is 10.9 Å². The maximum Gasteiger partial charge on any atom is 0.238 e. The minimum Gasteiger partial charge on any atom is -0.486 e. The summed E-state index contributed by atoms with van der Waals surface area (Å²) in [5.74, 6) is 2.51. The largest absolute Gasteiger partial charge is 0.486 e. The summed E-state index contributed by atoms with van der Waals surface area (Å²) in [6, 6.07) is 5.78. The number of unbranched alkanes of at least 4 members (excludes halogenated alkanes) is 1. The monoisotopic (exact) mass is 378 g/mol. The van der Waals surface area contributed by atoms with Gasteiger partial charge in [0.25, 0.3) is 0 Å². The first kappa shape index (κ1) is 18.1. The zero-order valence-electron chi connectivity index (χ0n) is 14.4. The highest BCUT2D eigenvalue weighted by molar-refractivity contribution is 8.00. The van der Waals surface area contributed by atoms with Crippen LogP contribution in [0.2, 0.25) is 0 Å². The molecule has 0 saturated heterocycles. The van der Waals surface area contributed by atoms with Crippen LogP contribution in [0.15, 0.2) is 23.6 Å². The molecule has 7 heteroatoms. The number of carbonyl (C=O) groups excluding carboxylic acids is 1. The number of amides is 1. The number of carbonyl (C=O) groups is 1. The molecule has 1 aliphatic heterocycles. The minimum absolute atomic E-state index is 0.00387. The van der Waals surface area contributed by atoms with Crippen LogP contribution < -0.4 is 14.8 Å². The highest BCUT2D eigenvalue weighted by Gasteiger charge is 2.17. The smallest absolute Gasteiger partial charge is 0.238 e. The number of thioether (sulfide) groups is 1. The summed E-state index contributed by atoms with van der Waals surface area (Å²) in [6.45, 7) is 5.22. The van der Waals surface area contributed by atoms with E-state index in [0.29, 0.717) is 18.3 Å². The molecule has 5 nitrogen and oxygen atoms in total. The fraction of sp³-hybridized carbons (Fsp3) is 0.444. The number of anilines is 1. The minimum atomic E-state index is -0.0757. The Balaban J connectivity index is 1.63. The van der Waals surface area contributed by atoms with E-state index in [9.17, 15) is 4.79 Å². The summed E-state index contributed by atoms with van der Waals surface area (Å²) in [6.07, 6.45) is 2.28. The lowest BCUT2D eigenvalue weighted by Crippen LogP contribution is -2.22. The van der Waals surface area contributed by atoms with Crippen LogP contribution in [0.25, 0.3) is 11.3 Å². The third kappa shape index (κ3) is 4.67. The molecule has 0 aliphatic carbocycles. The molecule has 0 radical (unpaired) electrons. The van der Waals surface area contributed by atoms with Gasteiger partial charge in [0.15, 0.2) is 16.6 Å². The summed E-state index contributed by atoms with van der Waals surface area (Å²) in [7, 11) is 0. The van der Waals surface area contributed by atoms with Gasteiger partial charge in [0.05, 0.1) is 10.9 Å². The Hall–Kier alpha value is -1.73. The standard InChI is InChI=1S/C18H22N2O3S2/c1-3-4-9-24-12(2)17(21)20-18-19-14(11-25-18)13-5-6-15-16(10-13)23-8-7-22-15/h5-6,10-12H,3-4,7-9H2,1-2H3,(H,19,20,21). The second-order valence-electron chi connectivity index (χ2n) is 5.75. The second-order valence-corrected chi connectivity index (χ2v) is 8.06. The van der Waals surface area contributed by atoms with Crippen LogP contribution in [0.3, 0.4) is 0 Å². The molecule has 0 fully saturated rings. The number of nitrogens with one attached hydrogen (secondary N) is 1. The van der Waals surface area contributed by atoms with E-state index in [0.717, 1.165) is 41.4 Å². The lowest BCUT2D eigenvalue weighted by Gasteiger charge is -2.18. The van der Waals surface area contributed by atoms with E-state index in [4.69, 9.17) is 9.47 Å². The first-order valence-corrected chi connectivity index (χ1v) is 10.4. The summed E-state index contributed by atoms with van der Waals surface area (Å²) >= 11 is 3.11. The maximum atomic E-state index is 12.2. The van der Waals surface area contributed by atoms with Crippen molar-refractivity contribution in [2.24, 2.45) is 0 Å². The van der Waals surface area contributed by atoms with Crippen molar-refractivity contribution >= 4 is 34.1 Å². The van der Waals surface area contributed by atoms with Crippen molar-refractivity contribution in [2.75, 3.05) is 24.3 Å². The maximum absolute atomic E-state index is 12.2. The molecular formula is C18H22N2O3S2. The molecule has 0 saturated carbocycles. The van der Waals surface area contributed by atoms with E-state index in [1.54, 1.807) is 11.8 Å². The van der Waals surface area contributed by atoms with E-state index in [-0.39, 0.29) is 11.2 Å². The summed E-state index contributed by atoms with van der Waals surface area (Å²) in [4.78, 5) is 16.8. The Bertz CT molecular complexity index is 733. The summed E-state index contributed by atoms with van der Waals surface area (Å²) < 4.78 is 11.1. The Morgan fingerprint density at radius 3 is 2.96 bits per heavy atom. The topological polar surface area (TPSA) is 60.5 Å². The molecule has 1 N–H and O–H groups in total. The lowest BCUT2D eigenvalue weighted by molar-refractivity contribution is -0.115. The Kier molecular flexibility index (Phi) is 6.20. The molecule has 25 heavy (non-hydrogen) atoms. The Labute approximate surface area is 156 Å². The van der Waals surface area contributed by atoms with E-state index in [2.05, 4.69) is 17.2 Å². The van der Waals surface area contributed by atoms with Crippen LogP contribution in [0.1, 0.15) is 26.7 Å². The quantitative estimate of drug-likeness (QED) is 0.722. The van der Waals surface area contributed by atoms with Gasteiger partial charge in [-0.05, 0) is 37.3 Å². The van der Waals surface area contributed by atoms with E-state index < -0.39 is 0 Å². The Morgan fingerprint density at radius 2 is 2.16 bits per heavy atom. The zero-order valence-corrected chi connectivity index (χ0v) is 16.0. The predicted octanol–water partition coefficient (Wildman–Crippen LogP) is 4.44. The van der Waals surface area contributed by atoms with Crippen LogP contribution >= 0.6 is 23.1 Å². The summed E-state index contributed by atoms with van der Waals surface area (Å²) in [5, 5.41) is 5.40. The van der Waals surface area contributed by atoms with Crippen molar-refractivity contribution in [1.82, 2.24) is 4.98 Å². The lowest BCUT2D eigenvalue weighted by atomic mass is 10.1. The van der Waals surface area contributed by atoms with Gasteiger partial charge in [-0.25, -0.2) is 4.98 Å². The van der Waals surface area contributed by atoms with Crippen LogP contribution in [0.4, 0.5) is 5.13 Å². The van der Waals surface area contributed by atoms with Gasteiger partial charge in [-0.1, -0.05) is 13.3 Å². The van der Waals surface area contributed by atoms with Gasteiger partial charge in [-0.2, -0.15) is 0 Å². The fourth-order valence-electron chi connectivity index (χ4n) is 2.35. The molecule has 2 heterocycles. The molecule has 3 rings (SSSR count). The van der Waals surface area contributed by atoms with E-state index in [1.165, 1.54) is 11.3 Å².